The molecule has 0 bridgehead atoms. The van der Waals surface area contributed by atoms with Gasteiger partial charge in [-0.15, -0.1) is 0 Å². The van der Waals surface area contributed by atoms with Crippen LogP contribution in [0, 0.1) is 0 Å². The number of carboxylic acid groups (broad SMARTS) is 1. The van der Waals surface area contributed by atoms with Crippen molar-refractivity contribution in [3.8, 4) is 22.3 Å². The van der Waals surface area contributed by atoms with Crippen molar-refractivity contribution in [2.24, 2.45) is 0 Å². The van der Waals surface area contributed by atoms with Crippen LogP contribution < -0.4 is 0 Å². The van der Waals surface area contributed by atoms with Gasteiger partial charge in [0.05, 0.1) is 22.8 Å². The number of benzene rings is 3. The molecule has 4 aromatic rings. The number of carbonyl (C=O) groups is 1. The molecule has 1 aromatic heterocycles. The van der Waals surface area contributed by atoms with E-state index < -0.39 is 23.3 Å². The summed E-state index contributed by atoms with van der Waals surface area (Å²) in [6.07, 6.45) is -3.12. The first-order valence-electron chi connectivity index (χ1n) is 8.42. The smallest absolute Gasteiger partial charge is 0.417 e. The molecule has 0 aliphatic heterocycles. The van der Waals surface area contributed by atoms with Crippen molar-refractivity contribution in [1.29, 1.82) is 0 Å². The van der Waals surface area contributed by atoms with Gasteiger partial charge in [0, 0.05) is 16.0 Å². The van der Waals surface area contributed by atoms with Crippen molar-refractivity contribution >= 4 is 28.5 Å². The summed E-state index contributed by atoms with van der Waals surface area (Å²) >= 11 is 6.43. The molecule has 3 aromatic carbocycles. The van der Waals surface area contributed by atoms with E-state index in [2.05, 4.69) is 10.2 Å². The summed E-state index contributed by atoms with van der Waals surface area (Å²) in [5.74, 6) is -1.65. The molecule has 146 valence electrons. The topological polar surface area (TPSA) is 66.0 Å². The minimum atomic E-state index is -4.77. The summed E-state index contributed by atoms with van der Waals surface area (Å²) in [7, 11) is 0. The summed E-state index contributed by atoms with van der Waals surface area (Å²) in [6.45, 7) is 0. The molecule has 4 nitrogen and oxygen atoms in total. The quantitative estimate of drug-likeness (QED) is 0.414. The number of nitrogens with zero attached hydrogens (tertiary/aromatic N) is 1. The summed E-state index contributed by atoms with van der Waals surface area (Å²) in [5, 5.41) is 17.3. The zero-order valence-corrected chi connectivity index (χ0v) is 15.3. The third-order valence-electron chi connectivity index (χ3n) is 4.61. The van der Waals surface area contributed by atoms with Crippen LogP contribution in [0.2, 0.25) is 5.02 Å². The Morgan fingerprint density at radius 2 is 1.79 bits per heavy atom. The highest BCUT2D eigenvalue weighted by Crippen LogP contribution is 2.40. The van der Waals surface area contributed by atoms with E-state index in [0.717, 1.165) is 28.6 Å². The maximum atomic E-state index is 13.2. The lowest BCUT2D eigenvalue weighted by atomic mass is 9.92. The third kappa shape index (κ3) is 3.45. The van der Waals surface area contributed by atoms with E-state index in [1.165, 1.54) is 6.07 Å². The van der Waals surface area contributed by atoms with Gasteiger partial charge in [-0.1, -0.05) is 35.9 Å². The minimum Gasteiger partial charge on any atom is -0.478 e. The maximum absolute atomic E-state index is 13.2. The van der Waals surface area contributed by atoms with Gasteiger partial charge in [0.25, 0.3) is 0 Å². The monoisotopic (exact) mass is 416 g/mol. The molecule has 29 heavy (non-hydrogen) atoms. The van der Waals surface area contributed by atoms with Crippen molar-refractivity contribution in [1.82, 2.24) is 10.2 Å². The van der Waals surface area contributed by atoms with Crippen molar-refractivity contribution in [3.63, 3.8) is 0 Å². The number of aromatic nitrogens is 2. The molecule has 2 N–H and O–H groups in total. The van der Waals surface area contributed by atoms with Gasteiger partial charge in [-0.25, -0.2) is 4.79 Å². The van der Waals surface area contributed by atoms with E-state index in [4.69, 9.17) is 11.6 Å². The highest BCUT2D eigenvalue weighted by atomic mass is 35.5. The average molecular weight is 417 g/mol. The summed E-state index contributed by atoms with van der Waals surface area (Å²) in [5.41, 5.74) is 0.981. The Balaban J connectivity index is 1.94. The Kier molecular flexibility index (Phi) is 4.55. The van der Waals surface area contributed by atoms with Crippen molar-refractivity contribution in [3.05, 3.63) is 76.9 Å². The van der Waals surface area contributed by atoms with Crippen LogP contribution in [-0.4, -0.2) is 21.3 Å². The molecule has 0 aliphatic carbocycles. The van der Waals surface area contributed by atoms with Crippen LogP contribution in [-0.2, 0) is 6.18 Å². The molecule has 0 saturated carbocycles. The highest BCUT2D eigenvalue weighted by Gasteiger charge is 2.35. The second kappa shape index (κ2) is 6.93. The van der Waals surface area contributed by atoms with Gasteiger partial charge >= 0.3 is 12.1 Å². The molecule has 0 aliphatic rings. The summed E-state index contributed by atoms with van der Waals surface area (Å²) < 4.78 is 39.5. The van der Waals surface area contributed by atoms with Crippen LogP contribution in [0.3, 0.4) is 0 Å². The lowest BCUT2D eigenvalue weighted by molar-refractivity contribution is -0.138. The lowest BCUT2D eigenvalue weighted by Gasteiger charge is -2.15. The molecule has 0 amide bonds. The molecule has 1 heterocycles. The fourth-order valence-electron chi connectivity index (χ4n) is 3.29. The van der Waals surface area contributed by atoms with E-state index in [1.54, 1.807) is 24.4 Å². The predicted molar refractivity (Wildman–Crippen MR) is 104 cm³/mol. The van der Waals surface area contributed by atoms with Crippen LogP contribution in [0.25, 0.3) is 33.2 Å². The van der Waals surface area contributed by atoms with Gasteiger partial charge in [0.15, 0.2) is 0 Å². The van der Waals surface area contributed by atoms with Crippen molar-refractivity contribution in [2.45, 2.75) is 6.18 Å². The molecule has 0 spiro atoms. The second-order valence-electron chi connectivity index (χ2n) is 6.40. The number of fused-ring (bicyclic) bond motifs is 1. The van der Waals surface area contributed by atoms with Crippen LogP contribution in [0.1, 0.15) is 15.9 Å². The number of aromatic carboxylic acids is 1. The number of aromatic amines is 1. The Morgan fingerprint density at radius 1 is 1.03 bits per heavy atom. The van der Waals surface area contributed by atoms with Gasteiger partial charge in [0.1, 0.15) is 0 Å². The predicted octanol–water partition coefficient (Wildman–Crippen LogP) is 6.27. The van der Waals surface area contributed by atoms with Gasteiger partial charge in [-0.2, -0.15) is 18.3 Å². The fraction of sp³-hybridized carbons (Fsp3) is 0.0476. The Bertz CT molecular complexity index is 1250. The lowest BCUT2D eigenvalue weighted by Crippen LogP contribution is -2.12. The Hall–Kier alpha value is -3.32. The van der Waals surface area contributed by atoms with Gasteiger partial charge in [0.2, 0.25) is 0 Å². The van der Waals surface area contributed by atoms with Gasteiger partial charge in [-0.05, 0) is 47.0 Å². The van der Waals surface area contributed by atoms with Crippen LogP contribution >= 0.6 is 11.6 Å². The first kappa shape index (κ1) is 19.0. The third-order valence-corrected chi connectivity index (χ3v) is 4.92. The first-order valence-corrected chi connectivity index (χ1v) is 8.80. The molecule has 0 unspecified atom stereocenters. The van der Waals surface area contributed by atoms with Gasteiger partial charge in [-0.3, -0.25) is 5.10 Å². The molecular formula is C21H12ClF3N2O2. The van der Waals surface area contributed by atoms with E-state index in [1.807, 2.05) is 18.2 Å². The highest BCUT2D eigenvalue weighted by molar-refractivity contribution is 6.34. The molecule has 0 radical (unpaired) electrons. The normalized spacial score (nSPS) is 11.7. The van der Waals surface area contributed by atoms with Gasteiger partial charge < -0.3 is 5.11 Å². The largest absolute Gasteiger partial charge is 0.478 e. The Labute approximate surface area is 167 Å². The zero-order chi connectivity index (χ0) is 20.8. The first-order chi connectivity index (χ1) is 13.8. The SMILES string of the molecule is O=C(O)c1cc(-c2cccc(Cl)c2-c2ccc3[nH]ncc3c2)ccc1C(F)(F)F. The van der Waals surface area contributed by atoms with Crippen LogP contribution in [0.5, 0.6) is 0 Å². The molecule has 0 saturated heterocycles. The summed E-state index contributed by atoms with van der Waals surface area (Å²) in [6, 6.07) is 13.6. The van der Waals surface area contributed by atoms with E-state index in [0.29, 0.717) is 21.7 Å². The number of rotatable bonds is 3. The van der Waals surface area contributed by atoms with Crippen molar-refractivity contribution < 1.29 is 23.1 Å². The minimum absolute atomic E-state index is 0.320. The van der Waals surface area contributed by atoms with E-state index in [9.17, 15) is 23.1 Å². The van der Waals surface area contributed by atoms with E-state index >= 15 is 0 Å². The zero-order valence-electron chi connectivity index (χ0n) is 14.6. The number of halogens is 4. The number of carboxylic acids is 1. The van der Waals surface area contributed by atoms with Crippen molar-refractivity contribution in [2.75, 3.05) is 0 Å². The molecule has 8 heteroatoms. The molecule has 4 rings (SSSR count). The molecule has 0 fully saturated rings. The standard InChI is InChI=1S/C21H12ClF3N2O2/c22-17-3-1-2-14(19(17)12-5-7-18-13(8-12)10-26-27-18)11-4-6-16(21(23,24)25)15(9-11)20(28)29/h1-10H,(H,26,27)(H,28,29). The van der Waals surface area contributed by atoms with Crippen LogP contribution in [0.4, 0.5) is 13.2 Å². The second-order valence-corrected chi connectivity index (χ2v) is 6.80. The number of hydrogen-bond donors (Lipinski definition) is 2. The molecule has 0 atom stereocenters. The fourth-order valence-corrected chi connectivity index (χ4v) is 3.58. The number of hydrogen-bond acceptors (Lipinski definition) is 2. The average Bonchev–Trinajstić information content (AvgIpc) is 3.14. The number of H-pyrrole nitrogens is 1. The number of nitrogens with one attached hydrogen (secondary N) is 1. The summed E-state index contributed by atoms with van der Waals surface area (Å²) in [4.78, 5) is 11.5. The number of alkyl halides is 3. The van der Waals surface area contributed by atoms with E-state index in [-0.39, 0.29) is 0 Å². The Morgan fingerprint density at radius 3 is 2.52 bits per heavy atom. The maximum Gasteiger partial charge on any atom is 0.417 e. The molecular weight excluding hydrogens is 405 g/mol. The van der Waals surface area contributed by atoms with Crippen LogP contribution in [0.15, 0.2) is 60.8 Å².